The molecule has 1 amide bonds. The van der Waals surface area contributed by atoms with E-state index in [2.05, 4.69) is 62.5 Å². The lowest BCUT2D eigenvalue weighted by molar-refractivity contribution is -0.119. The minimum atomic E-state index is 0.0337. The van der Waals surface area contributed by atoms with E-state index in [1.165, 1.54) is 11.3 Å². The first-order chi connectivity index (χ1) is 14.7. The maximum Gasteiger partial charge on any atom is 0.238 e. The van der Waals surface area contributed by atoms with E-state index in [1.807, 2.05) is 19.1 Å². The highest BCUT2D eigenvalue weighted by Gasteiger charge is 2.20. The smallest absolute Gasteiger partial charge is 0.238 e. The SMILES string of the molecule is C[C@H]1CN(CC(=O)Nc2ccc(N3CCN(Cc4ccccc4)CC3)cc2)CCO1. The molecule has 160 valence electrons. The number of ether oxygens (including phenoxy) is 1. The van der Waals surface area contributed by atoms with Gasteiger partial charge in [-0.25, -0.2) is 0 Å². The number of morpholine rings is 1. The number of nitrogens with zero attached hydrogens (tertiary/aromatic N) is 3. The Balaban J connectivity index is 1.23. The Morgan fingerprint density at radius 2 is 1.70 bits per heavy atom. The largest absolute Gasteiger partial charge is 0.376 e. The fourth-order valence-corrected chi connectivity index (χ4v) is 4.20. The average molecular weight is 409 g/mol. The molecule has 2 saturated heterocycles. The molecule has 4 rings (SSSR count). The summed E-state index contributed by atoms with van der Waals surface area (Å²) in [7, 11) is 0. The highest BCUT2D eigenvalue weighted by molar-refractivity contribution is 5.92. The first kappa shape index (κ1) is 20.8. The molecule has 6 heteroatoms. The lowest BCUT2D eigenvalue weighted by Gasteiger charge is -2.36. The van der Waals surface area contributed by atoms with E-state index in [9.17, 15) is 4.79 Å². The molecule has 2 fully saturated rings. The van der Waals surface area contributed by atoms with Crippen LogP contribution in [0.25, 0.3) is 0 Å². The Morgan fingerprint density at radius 3 is 2.40 bits per heavy atom. The van der Waals surface area contributed by atoms with Gasteiger partial charge in [-0.2, -0.15) is 0 Å². The third kappa shape index (κ3) is 5.81. The number of hydrogen-bond acceptors (Lipinski definition) is 5. The van der Waals surface area contributed by atoms with E-state index in [0.717, 1.165) is 51.5 Å². The molecule has 1 N–H and O–H groups in total. The van der Waals surface area contributed by atoms with Crippen LogP contribution in [0.4, 0.5) is 11.4 Å². The molecule has 6 nitrogen and oxygen atoms in total. The van der Waals surface area contributed by atoms with Gasteiger partial charge in [-0.15, -0.1) is 0 Å². The van der Waals surface area contributed by atoms with E-state index in [4.69, 9.17) is 4.74 Å². The Bertz CT molecular complexity index is 804. The van der Waals surface area contributed by atoms with Gasteiger partial charge in [0.1, 0.15) is 0 Å². The van der Waals surface area contributed by atoms with Gasteiger partial charge in [-0.1, -0.05) is 30.3 Å². The number of carbonyl (C=O) groups is 1. The molecule has 2 aromatic rings. The summed E-state index contributed by atoms with van der Waals surface area (Å²) in [4.78, 5) is 19.4. The normalized spacial score (nSPS) is 20.8. The van der Waals surface area contributed by atoms with Crippen LogP contribution in [0.5, 0.6) is 0 Å². The number of anilines is 2. The predicted molar refractivity (Wildman–Crippen MR) is 121 cm³/mol. The number of hydrogen-bond donors (Lipinski definition) is 1. The average Bonchev–Trinajstić information content (AvgIpc) is 2.76. The van der Waals surface area contributed by atoms with Gasteiger partial charge < -0.3 is 15.0 Å². The molecule has 2 heterocycles. The Hall–Kier alpha value is -2.41. The van der Waals surface area contributed by atoms with Gasteiger partial charge in [0.05, 0.1) is 19.3 Å². The van der Waals surface area contributed by atoms with Crippen molar-refractivity contribution in [2.45, 2.75) is 19.6 Å². The van der Waals surface area contributed by atoms with Crippen molar-refractivity contribution >= 4 is 17.3 Å². The van der Waals surface area contributed by atoms with Gasteiger partial charge in [-0.05, 0) is 36.8 Å². The number of benzene rings is 2. The summed E-state index contributed by atoms with van der Waals surface area (Å²) in [5, 5.41) is 3.02. The molecule has 2 aliphatic heterocycles. The predicted octanol–water partition coefficient (Wildman–Crippen LogP) is 2.67. The van der Waals surface area contributed by atoms with Crippen LogP contribution in [0, 0.1) is 0 Å². The van der Waals surface area contributed by atoms with E-state index >= 15 is 0 Å². The molecule has 0 saturated carbocycles. The topological polar surface area (TPSA) is 48.1 Å². The fourth-order valence-electron chi connectivity index (χ4n) is 4.20. The van der Waals surface area contributed by atoms with Crippen molar-refractivity contribution in [1.82, 2.24) is 9.80 Å². The lowest BCUT2D eigenvalue weighted by atomic mass is 10.2. The molecule has 30 heavy (non-hydrogen) atoms. The second-order valence-electron chi connectivity index (χ2n) is 8.26. The van der Waals surface area contributed by atoms with Crippen molar-refractivity contribution in [3.05, 3.63) is 60.2 Å². The van der Waals surface area contributed by atoms with Crippen molar-refractivity contribution < 1.29 is 9.53 Å². The van der Waals surface area contributed by atoms with Gasteiger partial charge in [0.15, 0.2) is 0 Å². The van der Waals surface area contributed by atoms with Crippen LogP contribution in [-0.2, 0) is 16.1 Å². The molecule has 0 aliphatic carbocycles. The standard InChI is InChI=1S/C24H32N4O2/c1-20-17-27(15-16-30-20)19-24(29)25-22-7-9-23(10-8-22)28-13-11-26(12-14-28)18-21-5-3-2-4-6-21/h2-10,20H,11-19H2,1H3,(H,25,29)/t20-/m0/s1. The molecule has 2 aliphatic rings. The van der Waals surface area contributed by atoms with E-state index < -0.39 is 0 Å². The molecule has 0 spiro atoms. The zero-order valence-corrected chi connectivity index (χ0v) is 17.8. The molecule has 0 radical (unpaired) electrons. The fraction of sp³-hybridized carbons (Fsp3) is 0.458. The third-order valence-corrected chi connectivity index (χ3v) is 5.83. The number of piperazine rings is 1. The Labute approximate surface area is 179 Å². The first-order valence-electron chi connectivity index (χ1n) is 10.9. The second kappa shape index (κ2) is 10.1. The highest BCUT2D eigenvalue weighted by atomic mass is 16.5. The Morgan fingerprint density at radius 1 is 0.967 bits per heavy atom. The lowest BCUT2D eigenvalue weighted by Crippen LogP contribution is -2.46. The van der Waals surface area contributed by atoms with Crippen LogP contribution < -0.4 is 10.2 Å². The molecule has 1 atom stereocenters. The van der Waals surface area contributed by atoms with Crippen LogP contribution in [0.15, 0.2) is 54.6 Å². The Kier molecular flexibility index (Phi) is 7.00. The number of rotatable bonds is 6. The second-order valence-corrected chi connectivity index (χ2v) is 8.26. The maximum atomic E-state index is 12.4. The van der Waals surface area contributed by atoms with Gasteiger partial charge in [0.25, 0.3) is 0 Å². The van der Waals surface area contributed by atoms with E-state index in [-0.39, 0.29) is 12.0 Å². The zero-order valence-electron chi connectivity index (χ0n) is 17.8. The van der Waals surface area contributed by atoms with Gasteiger partial charge >= 0.3 is 0 Å². The summed E-state index contributed by atoms with van der Waals surface area (Å²) in [5.74, 6) is 0.0337. The van der Waals surface area contributed by atoms with Crippen molar-refractivity contribution in [2.24, 2.45) is 0 Å². The van der Waals surface area contributed by atoms with E-state index in [1.54, 1.807) is 0 Å². The number of carbonyl (C=O) groups excluding carboxylic acids is 1. The van der Waals surface area contributed by atoms with Gasteiger partial charge in [0.2, 0.25) is 5.91 Å². The zero-order chi connectivity index (χ0) is 20.8. The summed E-state index contributed by atoms with van der Waals surface area (Å²) in [6, 6.07) is 18.9. The van der Waals surface area contributed by atoms with Crippen LogP contribution in [0.1, 0.15) is 12.5 Å². The van der Waals surface area contributed by atoms with Crippen LogP contribution in [0.2, 0.25) is 0 Å². The quantitative estimate of drug-likeness (QED) is 0.796. The maximum absolute atomic E-state index is 12.4. The minimum Gasteiger partial charge on any atom is -0.376 e. The summed E-state index contributed by atoms with van der Waals surface area (Å²) in [6.07, 6.45) is 0.194. The molecular formula is C24H32N4O2. The molecule has 2 aromatic carbocycles. The molecule has 0 bridgehead atoms. The van der Waals surface area contributed by atoms with Crippen molar-refractivity contribution in [3.8, 4) is 0 Å². The van der Waals surface area contributed by atoms with Crippen LogP contribution in [0.3, 0.4) is 0 Å². The summed E-state index contributed by atoms with van der Waals surface area (Å²) in [5.41, 5.74) is 3.44. The van der Waals surface area contributed by atoms with Crippen molar-refractivity contribution in [3.63, 3.8) is 0 Å². The van der Waals surface area contributed by atoms with Crippen LogP contribution in [-0.4, -0.2) is 74.2 Å². The third-order valence-electron chi connectivity index (χ3n) is 5.83. The monoisotopic (exact) mass is 408 g/mol. The van der Waals surface area contributed by atoms with Crippen molar-refractivity contribution in [1.29, 1.82) is 0 Å². The number of nitrogens with one attached hydrogen (secondary N) is 1. The summed E-state index contributed by atoms with van der Waals surface area (Å²) >= 11 is 0. The first-order valence-corrected chi connectivity index (χ1v) is 10.9. The van der Waals surface area contributed by atoms with Crippen LogP contribution >= 0.6 is 0 Å². The number of amides is 1. The van der Waals surface area contributed by atoms with Gasteiger partial charge in [-0.3, -0.25) is 14.6 Å². The summed E-state index contributed by atoms with van der Waals surface area (Å²) < 4.78 is 5.53. The summed E-state index contributed by atoms with van der Waals surface area (Å²) in [6.45, 7) is 9.96. The minimum absolute atomic E-state index is 0.0337. The molecule has 0 unspecified atom stereocenters. The van der Waals surface area contributed by atoms with E-state index in [0.29, 0.717) is 13.2 Å². The van der Waals surface area contributed by atoms with Gasteiger partial charge in [0, 0.05) is 57.2 Å². The van der Waals surface area contributed by atoms with Crippen molar-refractivity contribution in [2.75, 3.05) is 62.6 Å². The molecular weight excluding hydrogens is 376 g/mol. The molecule has 0 aromatic heterocycles. The highest BCUT2D eigenvalue weighted by Crippen LogP contribution is 2.20.